The van der Waals surface area contributed by atoms with E-state index in [-0.39, 0.29) is 17.5 Å². The van der Waals surface area contributed by atoms with Gasteiger partial charge in [0.15, 0.2) is 0 Å². The molecule has 1 unspecified atom stereocenters. The average molecular weight is 346 g/mol. The van der Waals surface area contributed by atoms with Gasteiger partial charge in [-0.1, -0.05) is 18.2 Å². The van der Waals surface area contributed by atoms with Crippen LogP contribution >= 0.6 is 23.1 Å². The Morgan fingerprint density at radius 3 is 2.76 bits per heavy atom. The Labute approximate surface area is 133 Å². The van der Waals surface area contributed by atoms with Gasteiger partial charge in [-0.3, -0.25) is 0 Å². The zero-order chi connectivity index (χ0) is 15.5. The van der Waals surface area contributed by atoms with Gasteiger partial charge in [-0.2, -0.15) is 11.8 Å². The topological polar surface area (TPSA) is 66.4 Å². The molecule has 21 heavy (non-hydrogen) atoms. The molecule has 0 amide bonds. The van der Waals surface area contributed by atoms with Crippen LogP contribution in [0.15, 0.2) is 29.2 Å². The number of thioether (sulfide) groups is 1. The minimum atomic E-state index is -3.62. The van der Waals surface area contributed by atoms with Crippen molar-refractivity contribution in [2.45, 2.75) is 30.9 Å². The van der Waals surface area contributed by atoms with Crippen LogP contribution in [0.4, 0.5) is 0 Å². The number of sulfonamides is 1. The Kier molecular flexibility index (Phi) is 5.67. The number of aliphatic hydroxyl groups is 1. The van der Waals surface area contributed by atoms with Crippen molar-refractivity contribution in [3.63, 3.8) is 0 Å². The second-order valence-electron chi connectivity index (χ2n) is 4.81. The van der Waals surface area contributed by atoms with Gasteiger partial charge in [0, 0.05) is 16.1 Å². The molecule has 0 aliphatic heterocycles. The van der Waals surface area contributed by atoms with Crippen molar-refractivity contribution in [1.82, 2.24) is 4.72 Å². The van der Waals surface area contributed by atoms with E-state index in [4.69, 9.17) is 0 Å². The van der Waals surface area contributed by atoms with Gasteiger partial charge < -0.3 is 5.11 Å². The van der Waals surface area contributed by atoms with Gasteiger partial charge >= 0.3 is 0 Å². The van der Waals surface area contributed by atoms with Gasteiger partial charge in [-0.05, 0) is 31.4 Å². The quantitative estimate of drug-likeness (QED) is 0.810. The smallest absolute Gasteiger partial charge is 0.242 e. The lowest BCUT2D eigenvalue weighted by Gasteiger charge is -2.14. The first-order valence-corrected chi connectivity index (χ1v) is 10.3. The summed E-state index contributed by atoms with van der Waals surface area (Å²) in [4.78, 5) is 0.711. The van der Waals surface area contributed by atoms with Crippen molar-refractivity contribution in [3.05, 3.63) is 29.1 Å². The van der Waals surface area contributed by atoms with E-state index in [2.05, 4.69) is 4.72 Å². The highest BCUT2D eigenvalue weighted by molar-refractivity contribution is 7.98. The molecule has 0 fully saturated rings. The van der Waals surface area contributed by atoms with Crippen LogP contribution in [0.3, 0.4) is 0 Å². The van der Waals surface area contributed by atoms with Crippen molar-refractivity contribution in [2.24, 2.45) is 0 Å². The first-order chi connectivity index (χ1) is 9.99. The third kappa shape index (κ3) is 3.78. The number of fused-ring (bicyclic) bond motifs is 1. The fourth-order valence-electron chi connectivity index (χ4n) is 2.15. The molecule has 2 N–H and O–H groups in total. The fraction of sp³-hybridized carbons (Fsp3) is 0.429. The molecular weight excluding hydrogens is 326 g/mol. The van der Waals surface area contributed by atoms with Gasteiger partial charge in [0.05, 0.1) is 11.5 Å². The number of aliphatic hydroxyl groups excluding tert-OH is 1. The molecule has 7 heteroatoms. The first kappa shape index (κ1) is 16.8. The molecule has 2 aromatic rings. The molecule has 4 nitrogen and oxygen atoms in total. The number of hydrogen-bond acceptors (Lipinski definition) is 5. The highest BCUT2D eigenvalue weighted by Gasteiger charge is 2.25. The largest absolute Gasteiger partial charge is 0.391 e. The summed E-state index contributed by atoms with van der Waals surface area (Å²) < 4.78 is 28.9. The van der Waals surface area contributed by atoms with Crippen LogP contribution in [0.1, 0.15) is 18.2 Å². The summed E-state index contributed by atoms with van der Waals surface area (Å²) in [5.74, 6) is 0.904. The molecule has 0 spiro atoms. The van der Waals surface area contributed by atoms with Gasteiger partial charge in [0.1, 0.15) is 4.90 Å². The zero-order valence-electron chi connectivity index (χ0n) is 12.0. The number of hydrogen-bond donors (Lipinski definition) is 2. The molecule has 0 aliphatic rings. The second kappa shape index (κ2) is 7.11. The third-order valence-electron chi connectivity index (χ3n) is 3.14. The van der Waals surface area contributed by atoms with E-state index in [1.54, 1.807) is 17.8 Å². The van der Waals surface area contributed by atoms with E-state index in [0.29, 0.717) is 10.3 Å². The minimum absolute atomic E-state index is 0.132. The predicted octanol–water partition coefficient (Wildman–Crippen LogP) is 2.81. The van der Waals surface area contributed by atoms with E-state index < -0.39 is 10.0 Å². The highest BCUT2D eigenvalue weighted by atomic mass is 32.2. The molecule has 0 saturated carbocycles. The molecule has 0 radical (unpaired) electrons. The van der Waals surface area contributed by atoms with E-state index in [1.807, 2.05) is 31.4 Å². The standard InChI is InChI=1S/C14H19NO3S3/c1-10(7-8-19-2)15-21(17,18)14-11-5-3-4-6-12(11)20-13(14)9-16/h3-6,10,15-16H,7-9H2,1-2H3. The lowest BCUT2D eigenvalue weighted by Crippen LogP contribution is -2.33. The van der Waals surface area contributed by atoms with Crippen LogP contribution in [0, 0.1) is 0 Å². The molecule has 0 bridgehead atoms. The summed E-state index contributed by atoms with van der Waals surface area (Å²) in [6.45, 7) is 1.59. The number of thiophene rings is 1. The van der Waals surface area contributed by atoms with Crippen molar-refractivity contribution < 1.29 is 13.5 Å². The molecule has 1 aromatic heterocycles. The van der Waals surface area contributed by atoms with Gasteiger partial charge in [0.25, 0.3) is 0 Å². The maximum Gasteiger partial charge on any atom is 0.242 e. The lowest BCUT2D eigenvalue weighted by atomic mass is 10.2. The van der Waals surface area contributed by atoms with E-state index in [1.165, 1.54) is 11.3 Å². The number of rotatable bonds is 7. The average Bonchev–Trinajstić information content (AvgIpc) is 2.83. The van der Waals surface area contributed by atoms with Gasteiger partial charge in [0.2, 0.25) is 10.0 Å². The molecular formula is C14H19NO3S3. The van der Waals surface area contributed by atoms with Crippen molar-refractivity contribution >= 4 is 43.2 Å². The van der Waals surface area contributed by atoms with Crippen molar-refractivity contribution in [1.29, 1.82) is 0 Å². The fourth-order valence-corrected chi connectivity index (χ4v) is 5.81. The minimum Gasteiger partial charge on any atom is -0.391 e. The Morgan fingerprint density at radius 1 is 1.38 bits per heavy atom. The number of benzene rings is 1. The maximum atomic E-state index is 12.6. The summed E-state index contributed by atoms with van der Waals surface area (Å²) >= 11 is 3.01. The molecule has 2 rings (SSSR count). The predicted molar refractivity (Wildman–Crippen MR) is 90.5 cm³/mol. The SMILES string of the molecule is CSCCC(C)NS(=O)(=O)c1c(CO)sc2ccccc12. The monoisotopic (exact) mass is 345 g/mol. The molecule has 1 heterocycles. The third-order valence-corrected chi connectivity index (χ3v) is 6.79. The van der Waals surface area contributed by atoms with Crippen LogP contribution in [-0.4, -0.2) is 31.6 Å². The van der Waals surface area contributed by atoms with Crippen LogP contribution in [0.25, 0.3) is 10.1 Å². The van der Waals surface area contributed by atoms with Crippen LogP contribution in [0.5, 0.6) is 0 Å². The molecule has 1 aromatic carbocycles. The van der Waals surface area contributed by atoms with Crippen molar-refractivity contribution in [2.75, 3.05) is 12.0 Å². The Hall–Kier alpha value is -0.600. The molecule has 0 saturated heterocycles. The lowest BCUT2D eigenvalue weighted by molar-refractivity contribution is 0.282. The summed E-state index contributed by atoms with van der Waals surface area (Å²) in [6.07, 6.45) is 2.77. The highest BCUT2D eigenvalue weighted by Crippen LogP contribution is 2.34. The first-order valence-electron chi connectivity index (χ1n) is 6.62. The van der Waals surface area contributed by atoms with E-state index in [0.717, 1.165) is 16.9 Å². The Morgan fingerprint density at radius 2 is 2.10 bits per heavy atom. The summed E-state index contributed by atoms with van der Waals surface area (Å²) in [5.41, 5.74) is 0. The number of nitrogens with one attached hydrogen (secondary N) is 1. The molecule has 1 atom stereocenters. The normalized spacial score (nSPS) is 13.7. The van der Waals surface area contributed by atoms with Gasteiger partial charge in [-0.15, -0.1) is 11.3 Å². The Bertz CT molecular complexity index is 709. The maximum absolute atomic E-state index is 12.6. The molecule has 116 valence electrons. The van der Waals surface area contributed by atoms with Crippen molar-refractivity contribution in [3.8, 4) is 0 Å². The Balaban J connectivity index is 2.39. The summed E-state index contributed by atoms with van der Waals surface area (Å²) in [6, 6.07) is 7.20. The zero-order valence-corrected chi connectivity index (χ0v) is 14.4. The summed E-state index contributed by atoms with van der Waals surface area (Å²) in [5, 5.41) is 10.2. The van der Waals surface area contributed by atoms with Gasteiger partial charge in [-0.25, -0.2) is 13.1 Å². The van der Waals surface area contributed by atoms with Crippen LogP contribution in [0.2, 0.25) is 0 Å². The second-order valence-corrected chi connectivity index (χ2v) is 8.59. The summed E-state index contributed by atoms with van der Waals surface area (Å²) in [7, 11) is -3.62. The van der Waals surface area contributed by atoms with Crippen LogP contribution in [-0.2, 0) is 16.6 Å². The van der Waals surface area contributed by atoms with E-state index in [9.17, 15) is 13.5 Å². The molecule has 0 aliphatic carbocycles. The van der Waals surface area contributed by atoms with E-state index >= 15 is 0 Å². The van der Waals surface area contributed by atoms with Crippen LogP contribution < -0.4 is 4.72 Å².